The Morgan fingerprint density at radius 2 is 1.10 bits per heavy atom. The van der Waals surface area contributed by atoms with Crippen LogP contribution in [-0.4, -0.2) is 14.1 Å². The normalized spacial score (nSPS) is 20.9. The van der Waals surface area contributed by atoms with Crippen molar-refractivity contribution in [2.75, 3.05) is 5.75 Å². The van der Waals surface area contributed by atoms with Gasteiger partial charge in [-0.1, -0.05) is 0 Å². The summed E-state index contributed by atoms with van der Waals surface area (Å²) in [4.78, 5) is 0. The molecule has 6 heteroatoms. The zero-order valence-electron chi connectivity index (χ0n) is 11.3. The molecule has 0 saturated heterocycles. The minimum absolute atomic E-state index is 0.562. The van der Waals surface area contributed by atoms with Gasteiger partial charge in [0.05, 0.1) is 0 Å². The molecule has 2 aliphatic heterocycles. The first-order chi connectivity index (χ1) is 10.2. The van der Waals surface area contributed by atoms with Gasteiger partial charge in [-0.3, -0.25) is 0 Å². The van der Waals surface area contributed by atoms with Crippen molar-refractivity contribution >= 4 is 21.0 Å². The quantitative estimate of drug-likeness (QED) is 0.692. The summed E-state index contributed by atoms with van der Waals surface area (Å²) in [6.45, 7) is 0. The number of para-hydroxylation sites is 4. The van der Waals surface area contributed by atoms with Crippen molar-refractivity contribution in [3.8, 4) is 23.0 Å². The Morgan fingerprint density at radius 1 is 0.714 bits per heavy atom. The summed E-state index contributed by atoms with van der Waals surface area (Å²) >= 11 is 4.29. The second-order valence-electron chi connectivity index (χ2n) is 5.21. The van der Waals surface area contributed by atoms with E-state index in [2.05, 4.69) is 12.6 Å². The Kier molecular flexibility index (Phi) is 2.67. The summed E-state index contributed by atoms with van der Waals surface area (Å²) in [6, 6.07) is 15.7. The molecule has 2 aromatic carbocycles. The second-order valence-corrected chi connectivity index (χ2v) is 9.12. The monoisotopic (exact) mass is 319 g/mol. The molecule has 0 N–H and O–H groups in total. The molecule has 0 aliphatic carbocycles. The third-order valence-corrected chi connectivity index (χ3v) is 7.61. The van der Waals surface area contributed by atoms with E-state index >= 15 is 0 Å². The third-order valence-electron chi connectivity index (χ3n) is 3.67. The molecule has 0 atom stereocenters. The van der Waals surface area contributed by atoms with Crippen LogP contribution in [0.4, 0.5) is 0 Å². The van der Waals surface area contributed by atoms with Crippen molar-refractivity contribution in [2.45, 2.75) is 12.5 Å². The molecule has 2 heterocycles. The predicted octanol–water partition coefficient (Wildman–Crippen LogP) is 3.64. The fraction of sp³-hybridized carbons (Fsp3) is 0.200. The van der Waals surface area contributed by atoms with Gasteiger partial charge in [-0.15, -0.1) is 0 Å². The Hall–Kier alpha value is -1.79. The Bertz CT molecular complexity index is 593. The van der Waals surface area contributed by atoms with E-state index in [9.17, 15) is 0 Å². The molecule has 0 amide bonds. The first-order valence-corrected chi connectivity index (χ1v) is 9.93. The van der Waals surface area contributed by atoms with E-state index in [1.165, 1.54) is 0 Å². The number of fused-ring (bicyclic) bond motifs is 2. The molecule has 2 aromatic rings. The van der Waals surface area contributed by atoms with Gasteiger partial charge in [0.15, 0.2) is 0 Å². The van der Waals surface area contributed by atoms with Gasteiger partial charge in [-0.05, 0) is 0 Å². The van der Waals surface area contributed by atoms with E-state index in [0.29, 0.717) is 29.0 Å². The number of rotatable bonds is 3. The fourth-order valence-electron chi connectivity index (χ4n) is 2.78. The maximum absolute atomic E-state index is 6.18. The van der Waals surface area contributed by atoms with E-state index in [0.717, 1.165) is 12.2 Å². The summed E-state index contributed by atoms with van der Waals surface area (Å²) in [5.41, 5.74) is 0. The van der Waals surface area contributed by atoms with Crippen LogP contribution in [0.15, 0.2) is 48.5 Å². The van der Waals surface area contributed by atoms with Crippen LogP contribution >= 0.6 is 12.6 Å². The van der Waals surface area contributed by atoms with E-state index in [4.69, 9.17) is 17.7 Å². The van der Waals surface area contributed by atoms with Crippen LogP contribution in [-0.2, 0) is 0 Å². The van der Waals surface area contributed by atoms with Crippen molar-refractivity contribution < 1.29 is 17.7 Å². The van der Waals surface area contributed by atoms with Crippen LogP contribution in [0.1, 0.15) is 6.42 Å². The molecule has 0 unspecified atom stereocenters. The average Bonchev–Trinajstić information content (AvgIpc) is 2.99. The predicted molar refractivity (Wildman–Crippen MR) is 84.4 cm³/mol. The molecule has 0 fully saturated rings. The Labute approximate surface area is 128 Å². The topological polar surface area (TPSA) is 36.9 Å². The first-order valence-electron chi connectivity index (χ1n) is 6.96. The number of hydrogen-bond donors (Lipinski definition) is 1. The molecular weight excluding hydrogens is 304 g/mol. The molecule has 0 radical (unpaired) electrons. The Morgan fingerprint density at radius 3 is 1.43 bits per heavy atom. The van der Waals surface area contributed by atoms with Gasteiger partial charge < -0.3 is 0 Å². The average molecular weight is 319 g/mol. The molecule has 0 aromatic heterocycles. The van der Waals surface area contributed by atoms with E-state index in [1.54, 1.807) is 0 Å². The van der Waals surface area contributed by atoms with Gasteiger partial charge >= 0.3 is 128 Å². The van der Waals surface area contributed by atoms with Crippen LogP contribution in [0.25, 0.3) is 0 Å². The van der Waals surface area contributed by atoms with Gasteiger partial charge in [-0.2, -0.15) is 0 Å². The zero-order valence-corrected chi connectivity index (χ0v) is 13.2. The van der Waals surface area contributed by atoms with Crippen molar-refractivity contribution in [2.24, 2.45) is 0 Å². The molecule has 2 aliphatic rings. The summed E-state index contributed by atoms with van der Waals surface area (Å²) in [5.74, 6) is 3.43. The first kappa shape index (κ1) is 12.9. The minimum atomic E-state index is -3.98. The van der Waals surface area contributed by atoms with Gasteiger partial charge in [0.1, 0.15) is 0 Å². The van der Waals surface area contributed by atoms with E-state index < -0.39 is 8.33 Å². The summed E-state index contributed by atoms with van der Waals surface area (Å²) in [7, 11) is -3.98. The number of hydrogen-bond acceptors (Lipinski definition) is 5. The van der Waals surface area contributed by atoms with Crippen LogP contribution in [0.5, 0.6) is 23.0 Å². The van der Waals surface area contributed by atoms with Crippen LogP contribution in [0.3, 0.4) is 0 Å². The molecule has 0 bridgehead atoms. The van der Waals surface area contributed by atoms with E-state index in [1.807, 2.05) is 48.5 Å². The summed E-state index contributed by atoms with van der Waals surface area (Å²) < 4.78 is 24.7. The van der Waals surface area contributed by atoms with Gasteiger partial charge in [0.2, 0.25) is 0 Å². The molecule has 0 saturated carbocycles. The Balaban J connectivity index is 1.78. The molecule has 1 spiro atoms. The fourth-order valence-corrected chi connectivity index (χ4v) is 7.03. The van der Waals surface area contributed by atoms with Crippen molar-refractivity contribution in [1.82, 2.24) is 0 Å². The molecule has 110 valence electrons. The SMILES string of the molecule is SCCC[Si-]12(Oc3ccccc3O1)Oc1ccccc1O2. The second kappa shape index (κ2) is 4.35. The summed E-state index contributed by atoms with van der Waals surface area (Å²) in [5, 5.41) is 0. The van der Waals surface area contributed by atoms with Crippen LogP contribution in [0.2, 0.25) is 6.04 Å². The van der Waals surface area contributed by atoms with Crippen molar-refractivity contribution in [3.63, 3.8) is 0 Å². The standard InChI is InChI=1S/C15H15O4SSi/c20-10-5-11-21(16-12-6-1-2-7-13(12)17-21)18-14-8-3-4-9-15(14)19-21/h1-4,6-9,20H,5,10-11H2/q-1. The zero-order chi connectivity index (χ0) is 14.4. The van der Waals surface area contributed by atoms with Gasteiger partial charge in [-0.25, -0.2) is 0 Å². The van der Waals surface area contributed by atoms with Gasteiger partial charge in [0.25, 0.3) is 0 Å². The van der Waals surface area contributed by atoms with Crippen LogP contribution in [0, 0.1) is 0 Å². The van der Waals surface area contributed by atoms with Crippen molar-refractivity contribution in [1.29, 1.82) is 0 Å². The maximum atomic E-state index is 6.18. The number of thiol groups is 1. The molecule has 21 heavy (non-hydrogen) atoms. The van der Waals surface area contributed by atoms with Gasteiger partial charge in [0, 0.05) is 0 Å². The van der Waals surface area contributed by atoms with E-state index in [-0.39, 0.29) is 0 Å². The number of benzene rings is 2. The molecule has 4 rings (SSSR count). The van der Waals surface area contributed by atoms with Crippen molar-refractivity contribution in [3.05, 3.63) is 48.5 Å². The third kappa shape index (κ3) is 1.90. The summed E-state index contributed by atoms with van der Waals surface area (Å²) in [6.07, 6.45) is 0.791. The molecular formula is C15H15O4SSi-. The van der Waals surface area contributed by atoms with Crippen LogP contribution < -0.4 is 17.7 Å². The molecule has 4 nitrogen and oxygen atoms in total.